The van der Waals surface area contributed by atoms with Crippen LogP contribution in [0, 0.1) is 11.7 Å². The van der Waals surface area contributed by atoms with Gasteiger partial charge in [0.2, 0.25) is 0 Å². The number of carbonyl (C=O) groups is 1. The topological polar surface area (TPSA) is 78.6 Å². The highest BCUT2D eigenvalue weighted by atomic mass is 19.1. The number of amides is 1. The maximum Gasteiger partial charge on any atom is 0.265 e. The van der Waals surface area contributed by atoms with Crippen LogP contribution in [-0.2, 0) is 6.54 Å². The standard InChI is InChI=1S/C13H18FN3O2/c14-12-2-1-10(13(19)16-15)5-11(12)7-17-4-3-9(6-17)8-18/h1-2,5,9,18H,3-4,6-8,15H2,(H,16,19). The third-order valence-corrected chi connectivity index (χ3v) is 3.46. The van der Waals surface area contributed by atoms with Gasteiger partial charge in [-0.2, -0.15) is 0 Å². The van der Waals surface area contributed by atoms with Crippen molar-refractivity contribution >= 4 is 5.91 Å². The Balaban J connectivity index is 2.09. The zero-order valence-electron chi connectivity index (χ0n) is 10.6. The number of nitrogens with one attached hydrogen (secondary N) is 1. The molecule has 1 aliphatic rings. The summed E-state index contributed by atoms with van der Waals surface area (Å²) in [5, 5.41) is 9.09. The second-order valence-electron chi connectivity index (χ2n) is 4.85. The van der Waals surface area contributed by atoms with Gasteiger partial charge in [-0.1, -0.05) is 0 Å². The normalized spacial score (nSPS) is 19.6. The predicted molar refractivity (Wildman–Crippen MR) is 68.5 cm³/mol. The van der Waals surface area contributed by atoms with Crippen molar-refractivity contribution < 1.29 is 14.3 Å². The maximum atomic E-state index is 13.7. The van der Waals surface area contributed by atoms with Crippen LogP contribution in [0.5, 0.6) is 0 Å². The first kappa shape index (κ1) is 13.9. The second kappa shape index (κ2) is 6.10. The lowest BCUT2D eigenvalue weighted by atomic mass is 10.1. The van der Waals surface area contributed by atoms with Gasteiger partial charge >= 0.3 is 0 Å². The van der Waals surface area contributed by atoms with Crippen molar-refractivity contribution in [1.29, 1.82) is 0 Å². The summed E-state index contributed by atoms with van der Waals surface area (Å²) in [4.78, 5) is 13.5. The molecule has 6 heteroatoms. The molecule has 0 radical (unpaired) electrons. The molecule has 1 aromatic rings. The smallest absolute Gasteiger partial charge is 0.265 e. The Morgan fingerprint density at radius 2 is 2.37 bits per heavy atom. The number of benzene rings is 1. The van der Waals surface area contributed by atoms with Gasteiger partial charge in [0.25, 0.3) is 5.91 Å². The molecule has 0 aromatic heterocycles. The highest BCUT2D eigenvalue weighted by molar-refractivity contribution is 5.93. The molecule has 5 nitrogen and oxygen atoms in total. The summed E-state index contributed by atoms with van der Waals surface area (Å²) < 4.78 is 13.7. The molecule has 19 heavy (non-hydrogen) atoms. The molecule has 0 saturated carbocycles. The first-order valence-electron chi connectivity index (χ1n) is 6.26. The fourth-order valence-electron chi connectivity index (χ4n) is 2.37. The average Bonchev–Trinajstić information content (AvgIpc) is 2.88. The lowest BCUT2D eigenvalue weighted by Gasteiger charge is -2.16. The van der Waals surface area contributed by atoms with Crippen LogP contribution < -0.4 is 11.3 Å². The van der Waals surface area contributed by atoms with E-state index in [9.17, 15) is 9.18 Å². The third-order valence-electron chi connectivity index (χ3n) is 3.46. The number of aliphatic hydroxyl groups excluding tert-OH is 1. The number of rotatable bonds is 4. The fraction of sp³-hybridized carbons (Fsp3) is 0.462. The minimum atomic E-state index is -0.434. The molecular formula is C13H18FN3O2. The summed E-state index contributed by atoms with van der Waals surface area (Å²) in [7, 11) is 0. The molecule has 104 valence electrons. The van der Waals surface area contributed by atoms with Crippen LogP contribution in [0.15, 0.2) is 18.2 Å². The Labute approximate surface area is 111 Å². The number of likely N-dealkylation sites (tertiary alicyclic amines) is 1. The van der Waals surface area contributed by atoms with E-state index in [0.717, 1.165) is 19.5 Å². The van der Waals surface area contributed by atoms with Gasteiger partial charge in [0.15, 0.2) is 0 Å². The zero-order valence-corrected chi connectivity index (χ0v) is 10.6. The molecule has 1 saturated heterocycles. The van der Waals surface area contributed by atoms with Gasteiger partial charge in [0, 0.05) is 30.8 Å². The lowest BCUT2D eigenvalue weighted by Crippen LogP contribution is -2.30. The molecule has 0 aliphatic carbocycles. The van der Waals surface area contributed by atoms with E-state index in [4.69, 9.17) is 10.9 Å². The van der Waals surface area contributed by atoms with Crippen LogP contribution in [0.25, 0.3) is 0 Å². The predicted octanol–water partition coefficient (Wildman–Crippen LogP) is 0.243. The fourth-order valence-corrected chi connectivity index (χ4v) is 2.37. The summed E-state index contributed by atoms with van der Waals surface area (Å²) in [5.74, 6) is 4.56. The van der Waals surface area contributed by atoms with E-state index in [0.29, 0.717) is 17.7 Å². The van der Waals surface area contributed by atoms with Crippen molar-refractivity contribution in [2.24, 2.45) is 11.8 Å². The largest absolute Gasteiger partial charge is 0.396 e. The van der Waals surface area contributed by atoms with Gasteiger partial charge in [-0.25, -0.2) is 10.2 Å². The summed E-state index contributed by atoms with van der Waals surface area (Å²) in [6.45, 7) is 2.18. The number of halogens is 1. The van der Waals surface area contributed by atoms with Crippen molar-refractivity contribution in [2.45, 2.75) is 13.0 Å². The number of nitrogen functional groups attached to an aromatic ring is 1. The number of nitrogens with zero attached hydrogens (tertiary/aromatic N) is 1. The van der Waals surface area contributed by atoms with Crippen LogP contribution in [0.2, 0.25) is 0 Å². The Bertz CT molecular complexity index is 467. The van der Waals surface area contributed by atoms with E-state index in [1.165, 1.54) is 18.2 Å². The third kappa shape index (κ3) is 3.28. The van der Waals surface area contributed by atoms with Gasteiger partial charge in [0.05, 0.1) is 0 Å². The maximum absolute atomic E-state index is 13.7. The van der Waals surface area contributed by atoms with Gasteiger partial charge in [0.1, 0.15) is 5.82 Å². The number of nitrogens with two attached hydrogens (primary N) is 1. The summed E-state index contributed by atoms with van der Waals surface area (Å²) in [5.41, 5.74) is 2.85. The number of carbonyl (C=O) groups excluding carboxylic acids is 1. The summed E-state index contributed by atoms with van der Waals surface area (Å²) in [6.07, 6.45) is 0.918. The van der Waals surface area contributed by atoms with E-state index < -0.39 is 5.91 Å². The minimum Gasteiger partial charge on any atom is -0.396 e. The molecule has 1 aliphatic heterocycles. The van der Waals surface area contributed by atoms with Crippen molar-refractivity contribution in [2.75, 3.05) is 19.7 Å². The van der Waals surface area contributed by atoms with Crippen LogP contribution in [0.4, 0.5) is 4.39 Å². The highest BCUT2D eigenvalue weighted by Crippen LogP contribution is 2.20. The van der Waals surface area contributed by atoms with Gasteiger partial charge in [-0.15, -0.1) is 0 Å². The Morgan fingerprint density at radius 3 is 3.00 bits per heavy atom. The second-order valence-corrected chi connectivity index (χ2v) is 4.85. The zero-order chi connectivity index (χ0) is 13.8. The molecule has 4 N–H and O–H groups in total. The number of hydrogen-bond donors (Lipinski definition) is 3. The SMILES string of the molecule is NNC(=O)c1ccc(F)c(CN2CCC(CO)C2)c1. The lowest BCUT2D eigenvalue weighted by molar-refractivity contribution is 0.0953. The molecule has 1 fully saturated rings. The number of hydrazine groups is 1. The van der Waals surface area contributed by atoms with Crippen molar-refractivity contribution in [3.63, 3.8) is 0 Å². The van der Waals surface area contributed by atoms with E-state index in [1.54, 1.807) is 0 Å². The molecule has 1 amide bonds. The van der Waals surface area contributed by atoms with E-state index in [-0.39, 0.29) is 18.3 Å². The molecular weight excluding hydrogens is 249 g/mol. The highest BCUT2D eigenvalue weighted by Gasteiger charge is 2.22. The number of aliphatic hydroxyl groups is 1. The van der Waals surface area contributed by atoms with E-state index in [1.807, 2.05) is 5.43 Å². The van der Waals surface area contributed by atoms with Gasteiger partial charge in [-0.3, -0.25) is 15.1 Å². The quantitative estimate of drug-likeness (QED) is 0.415. The van der Waals surface area contributed by atoms with Crippen molar-refractivity contribution in [3.05, 3.63) is 35.1 Å². The van der Waals surface area contributed by atoms with E-state index in [2.05, 4.69) is 4.90 Å². The molecule has 0 bridgehead atoms. The van der Waals surface area contributed by atoms with Gasteiger partial charge in [-0.05, 0) is 37.1 Å². The monoisotopic (exact) mass is 267 g/mol. The van der Waals surface area contributed by atoms with Crippen molar-refractivity contribution in [1.82, 2.24) is 10.3 Å². The van der Waals surface area contributed by atoms with Crippen LogP contribution >= 0.6 is 0 Å². The number of hydrogen-bond acceptors (Lipinski definition) is 4. The Morgan fingerprint density at radius 1 is 1.58 bits per heavy atom. The molecule has 1 heterocycles. The molecule has 1 aromatic carbocycles. The van der Waals surface area contributed by atoms with Crippen LogP contribution in [-0.4, -0.2) is 35.6 Å². The molecule has 1 atom stereocenters. The molecule has 0 spiro atoms. The Hall–Kier alpha value is -1.50. The molecule has 2 rings (SSSR count). The molecule has 1 unspecified atom stereocenters. The van der Waals surface area contributed by atoms with Crippen LogP contribution in [0.3, 0.4) is 0 Å². The minimum absolute atomic E-state index is 0.161. The summed E-state index contributed by atoms with van der Waals surface area (Å²) in [6, 6.07) is 4.20. The first-order chi connectivity index (χ1) is 9.13. The van der Waals surface area contributed by atoms with Crippen LogP contribution in [0.1, 0.15) is 22.3 Å². The summed E-state index contributed by atoms with van der Waals surface area (Å²) >= 11 is 0. The Kier molecular flexibility index (Phi) is 4.47. The first-order valence-corrected chi connectivity index (χ1v) is 6.26. The average molecular weight is 267 g/mol. The van der Waals surface area contributed by atoms with E-state index >= 15 is 0 Å². The van der Waals surface area contributed by atoms with Crippen molar-refractivity contribution in [3.8, 4) is 0 Å². The van der Waals surface area contributed by atoms with Gasteiger partial charge < -0.3 is 5.11 Å².